The fraction of sp³-hybridized carbons (Fsp3) is 0.400. The van der Waals surface area contributed by atoms with Gasteiger partial charge in [-0.15, -0.1) is 0 Å². The molecule has 0 atom stereocenters. The van der Waals surface area contributed by atoms with E-state index in [1.165, 1.54) is 13.0 Å². The summed E-state index contributed by atoms with van der Waals surface area (Å²) in [4.78, 5) is 35.8. The normalized spacial score (nSPS) is 19.0. The zero-order chi connectivity index (χ0) is 18.1. The number of alkyl halides is 3. The van der Waals surface area contributed by atoms with Crippen LogP contribution < -0.4 is 10.6 Å². The standard InChI is InChI=1S/C15H16F3N3O3/c1-3-4-5-21-8(2)6-9(7-10(21)15(16,17)18)11-12(22)19-14(24)20-13(11)23/h6-7H,3-5H2,1-2H3,(H2,19,20,22,23,24). The number of allylic oxidation sites excluding steroid dienone is 5. The van der Waals surface area contributed by atoms with Crippen LogP contribution in [-0.2, 0) is 9.59 Å². The van der Waals surface area contributed by atoms with Gasteiger partial charge in [0.1, 0.15) is 11.3 Å². The predicted molar refractivity (Wildman–Crippen MR) is 78.2 cm³/mol. The molecule has 4 amide bonds. The van der Waals surface area contributed by atoms with Crippen LogP contribution >= 0.6 is 0 Å². The first-order chi connectivity index (χ1) is 11.1. The molecule has 1 fully saturated rings. The number of hydrogen-bond acceptors (Lipinski definition) is 4. The third kappa shape index (κ3) is 3.50. The van der Waals surface area contributed by atoms with Crippen LogP contribution in [0, 0.1) is 0 Å². The first-order valence-corrected chi connectivity index (χ1v) is 7.30. The average Bonchev–Trinajstić information content (AvgIpc) is 2.43. The van der Waals surface area contributed by atoms with E-state index in [9.17, 15) is 27.6 Å². The summed E-state index contributed by atoms with van der Waals surface area (Å²) in [5, 5.41) is 3.70. The number of carbonyl (C=O) groups excluding carboxylic acids is 3. The van der Waals surface area contributed by atoms with Gasteiger partial charge in [-0.2, -0.15) is 13.2 Å². The number of hydrogen-bond donors (Lipinski definition) is 2. The van der Waals surface area contributed by atoms with Gasteiger partial charge in [0, 0.05) is 12.2 Å². The lowest BCUT2D eigenvalue weighted by molar-refractivity contribution is -0.124. The van der Waals surface area contributed by atoms with Crippen LogP contribution in [0.3, 0.4) is 0 Å². The van der Waals surface area contributed by atoms with Crippen molar-refractivity contribution < 1.29 is 27.6 Å². The predicted octanol–water partition coefficient (Wildman–Crippen LogP) is 2.11. The Labute approximate surface area is 136 Å². The van der Waals surface area contributed by atoms with E-state index < -0.39 is 35.3 Å². The molecule has 2 aliphatic rings. The van der Waals surface area contributed by atoms with Crippen molar-refractivity contribution in [3.8, 4) is 0 Å². The highest BCUT2D eigenvalue weighted by Crippen LogP contribution is 2.36. The Balaban J connectivity index is 2.53. The van der Waals surface area contributed by atoms with E-state index in [1.54, 1.807) is 0 Å². The second-order valence-electron chi connectivity index (χ2n) is 5.39. The van der Waals surface area contributed by atoms with Gasteiger partial charge in [0.25, 0.3) is 11.8 Å². The van der Waals surface area contributed by atoms with Crippen LogP contribution in [0.2, 0.25) is 0 Å². The molecule has 0 bridgehead atoms. The molecule has 0 radical (unpaired) electrons. The van der Waals surface area contributed by atoms with Crippen molar-refractivity contribution in [2.45, 2.75) is 32.9 Å². The molecular weight excluding hydrogens is 327 g/mol. The Hall–Kier alpha value is -2.58. The number of nitrogens with zero attached hydrogens (tertiary/aromatic N) is 1. The summed E-state index contributed by atoms with van der Waals surface area (Å²) in [6, 6.07) is -1.00. The summed E-state index contributed by atoms with van der Waals surface area (Å²) < 4.78 is 40.1. The molecule has 0 aliphatic carbocycles. The minimum atomic E-state index is -4.65. The van der Waals surface area contributed by atoms with Crippen LogP contribution in [0.4, 0.5) is 18.0 Å². The number of unbranched alkanes of at least 4 members (excludes halogenated alkanes) is 1. The first-order valence-electron chi connectivity index (χ1n) is 7.30. The fourth-order valence-electron chi connectivity index (χ4n) is 2.48. The van der Waals surface area contributed by atoms with Gasteiger partial charge in [0.05, 0.1) is 0 Å². The highest BCUT2D eigenvalue weighted by atomic mass is 19.4. The molecule has 0 spiro atoms. The molecule has 0 aromatic heterocycles. The highest BCUT2D eigenvalue weighted by molar-refractivity contribution is 6.29. The Morgan fingerprint density at radius 3 is 2.17 bits per heavy atom. The molecule has 0 saturated carbocycles. The zero-order valence-electron chi connectivity index (χ0n) is 13.1. The van der Waals surface area contributed by atoms with E-state index in [2.05, 4.69) is 0 Å². The number of rotatable bonds is 3. The molecule has 2 N–H and O–H groups in total. The molecule has 2 heterocycles. The van der Waals surface area contributed by atoms with Crippen molar-refractivity contribution in [3.63, 3.8) is 0 Å². The largest absolute Gasteiger partial charge is 0.431 e. The van der Waals surface area contributed by atoms with Gasteiger partial charge < -0.3 is 4.90 Å². The molecular formula is C15H16F3N3O3. The number of barbiturate groups is 1. The quantitative estimate of drug-likeness (QED) is 0.608. The maximum Gasteiger partial charge on any atom is 0.431 e. The molecule has 2 rings (SSSR count). The fourth-order valence-corrected chi connectivity index (χ4v) is 2.48. The maximum absolute atomic E-state index is 13.4. The van der Waals surface area contributed by atoms with Crippen molar-refractivity contribution in [3.05, 3.63) is 34.7 Å². The lowest BCUT2D eigenvalue weighted by Crippen LogP contribution is -2.52. The van der Waals surface area contributed by atoms with Crippen molar-refractivity contribution in [1.29, 1.82) is 0 Å². The van der Waals surface area contributed by atoms with Gasteiger partial charge in [-0.1, -0.05) is 13.3 Å². The smallest absolute Gasteiger partial charge is 0.341 e. The average molecular weight is 343 g/mol. The van der Waals surface area contributed by atoms with E-state index in [-0.39, 0.29) is 17.8 Å². The van der Waals surface area contributed by atoms with Gasteiger partial charge in [0.15, 0.2) is 0 Å². The number of halogens is 3. The summed E-state index contributed by atoms with van der Waals surface area (Å²) in [7, 11) is 0. The van der Waals surface area contributed by atoms with E-state index in [0.29, 0.717) is 6.42 Å². The van der Waals surface area contributed by atoms with Gasteiger partial charge in [-0.25, -0.2) is 4.79 Å². The summed E-state index contributed by atoms with van der Waals surface area (Å²) >= 11 is 0. The molecule has 0 aromatic rings. The van der Waals surface area contributed by atoms with E-state index in [4.69, 9.17) is 0 Å². The van der Waals surface area contributed by atoms with Crippen molar-refractivity contribution >= 4 is 17.8 Å². The lowest BCUT2D eigenvalue weighted by atomic mass is 9.99. The minimum Gasteiger partial charge on any atom is -0.341 e. The van der Waals surface area contributed by atoms with Gasteiger partial charge in [-0.05, 0) is 31.1 Å². The van der Waals surface area contributed by atoms with Crippen molar-refractivity contribution in [2.24, 2.45) is 0 Å². The van der Waals surface area contributed by atoms with Gasteiger partial charge >= 0.3 is 12.2 Å². The lowest BCUT2D eigenvalue weighted by Gasteiger charge is -2.33. The summed E-state index contributed by atoms with van der Waals surface area (Å²) in [6.45, 7) is 3.50. The van der Waals surface area contributed by atoms with Crippen LogP contribution in [0.25, 0.3) is 0 Å². The number of carbonyl (C=O) groups is 3. The number of nitrogens with one attached hydrogen (secondary N) is 2. The third-order valence-electron chi connectivity index (χ3n) is 3.60. The Morgan fingerprint density at radius 1 is 1.08 bits per heavy atom. The van der Waals surface area contributed by atoms with Gasteiger partial charge in [-0.3, -0.25) is 20.2 Å². The van der Waals surface area contributed by atoms with Crippen LogP contribution in [0.1, 0.15) is 26.7 Å². The second kappa shape index (κ2) is 6.50. The van der Waals surface area contributed by atoms with Gasteiger partial charge in [0.2, 0.25) is 0 Å². The topological polar surface area (TPSA) is 78.5 Å². The van der Waals surface area contributed by atoms with Crippen LogP contribution in [0.15, 0.2) is 34.7 Å². The first kappa shape index (κ1) is 17.8. The number of imide groups is 2. The summed E-state index contributed by atoms with van der Waals surface area (Å²) in [5.41, 5.74) is -1.39. The Morgan fingerprint density at radius 2 is 1.67 bits per heavy atom. The monoisotopic (exact) mass is 343 g/mol. The maximum atomic E-state index is 13.4. The highest BCUT2D eigenvalue weighted by Gasteiger charge is 2.41. The van der Waals surface area contributed by atoms with Crippen molar-refractivity contribution in [2.75, 3.05) is 6.54 Å². The Kier molecular flexibility index (Phi) is 4.81. The van der Waals surface area contributed by atoms with Crippen molar-refractivity contribution in [1.82, 2.24) is 15.5 Å². The SMILES string of the molecule is CCCCN1C(C)=CC(=C2C(=O)NC(=O)NC2=O)C=C1C(F)(F)F. The molecule has 24 heavy (non-hydrogen) atoms. The van der Waals surface area contributed by atoms with E-state index >= 15 is 0 Å². The molecule has 130 valence electrons. The Bertz CT molecular complexity index is 668. The summed E-state index contributed by atoms with van der Waals surface area (Å²) in [6.07, 6.45) is -1.29. The molecule has 0 unspecified atom stereocenters. The number of urea groups is 1. The minimum absolute atomic E-state index is 0.170. The molecule has 0 aromatic carbocycles. The molecule has 9 heteroatoms. The molecule has 2 aliphatic heterocycles. The summed E-state index contributed by atoms with van der Waals surface area (Å²) in [5.74, 6) is -2.05. The van der Waals surface area contributed by atoms with E-state index in [1.807, 2.05) is 17.6 Å². The van der Waals surface area contributed by atoms with Crippen LogP contribution in [0.5, 0.6) is 0 Å². The van der Waals surface area contributed by atoms with Crippen LogP contribution in [-0.4, -0.2) is 35.5 Å². The second-order valence-corrected chi connectivity index (χ2v) is 5.39. The van der Waals surface area contributed by atoms with E-state index in [0.717, 1.165) is 17.4 Å². The third-order valence-corrected chi connectivity index (χ3v) is 3.60. The number of amides is 4. The zero-order valence-corrected chi connectivity index (χ0v) is 13.1. The molecule has 1 saturated heterocycles. The molecule has 6 nitrogen and oxygen atoms in total.